The molecule has 4 nitrogen and oxygen atoms in total. The second-order valence-corrected chi connectivity index (χ2v) is 6.27. The number of carbonyl (C=O) groups is 1. The molecule has 1 amide bonds. The van der Waals surface area contributed by atoms with Crippen molar-refractivity contribution in [1.82, 2.24) is 15.2 Å². The summed E-state index contributed by atoms with van der Waals surface area (Å²) in [5.41, 5.74) is 1.75. The molecule has 0 spiro atoms. The Bertz CT molecular complexity index is 725. The van der Waals surface area contributed by atoms with Crippen LogP contribution in [-0.4, -0.2) is 34.9 Å². The van der Waals surface area contributed by atoms with E-state index >= 15 is 0 Å². The van der Waals surface area contributed by atoms with Gasteiger partial charge in [0.2, 0.25) is 5.91 Å². The van der Waals surface area contributed by atoms with Gasteiger partial charge in [0, 0.05) is 37.9 Å². The summed E-state index contributed by atoms with van der Waals surface area (Å²) in [5.74, 6) is -0.435. The molecule has 3 rings (SSSR count). The van der Waals surface area contributed by atoms with Gasteiger partial charge >= 0.3 is 0 Å². The average Bonchev–Trinajstić information content (AvgIpc) is 2.63. The van der Waals surface area contributed by atoms with E-state index < -0.39 is 0 Å². The van der Waals surface area contributed by atoms with Gasteiger partial charge in [-0.1, -0.05) is 18.2 Å². The van der Waals surface area contributed by atoms with Crippen molar-refractivity contribution in [3.8, 4) is 0 Å². The molecule has 0 bridgehead atoms. The normalized spacial score (nSPS) is 16.2. The van der Waals surface area contributed by atoms with Gasteiger partial charge in [0.05, 0.1) is 5.69 Å². The number of nitrogens with zero attached hydrogens (tertiary/aromatic N) is 2. The van der Waals surface area contributed by atoms with Crippen LogP contribution in [0.25, 0.3) is 6.08 Å². The molecule has 5 heteroatoms. The first-order chi connectivity index (χ1) is 12.2. The lowest BCUT2D eigenvalue weighted by Gasteiger charge is -2.31. The Balaban J connectivity index is 1.43. The SMILES string of the molecule is O=C(/C=C\c1cccc(F)c1)NC1CCN(Cc2ccccn2)CC1. The second-order valence-electron chi connectivity index (χ2n) is 6.27. The molecular weight excluding hydrogens is 317 g/mol. The minimum atomic E-state index is -0.303. The van der Waals surface area contributed by atoms with Gasteiger partial charge < -0.3 is 5.32 Å². The second kappa shape index (κ2) is 8.53. The molecule has 0 saturated carbocycles. The van der Waals surface area contributed by atoms with Crippen molar-refractivity contribution in [2.45, 2.75) is 25.4 Å². The number of piperidine rings is 1. The smallest absolute Gasteiger partial charge is 0.244 e. The van der Waals surface area contributed by atoms with Crippen LogP contribution in [0.3, 0.4) is 0 Å². The van der Waals surface area contributed by atoms with Crippen molar-refractivity contribution in [1.29, 1.82) is 0 Å². The zero-order valence-corrected chi connectivity index (χ0v) is 14.1. The maximum atomic E-state index is 13.1. The van der Waals surface area contributed by atoms with Gasteiger partial charge in [0.1, 0.15) is 5.82 Å². The number of carbonyl (C=O) groups excluding carboxylic acids is 1. The maximum Gasteiger partial charge on any atom is 0.244 e. The van der Waals surface area contributed by atoms with Crippen LogP contribution < -0.4 is 5.32 Å². The Hall–Kier alpha value is -2.53. The van der Waals surface area contributed by atoms with Crippen LogP contribution in [0.1, 0.15) is 24.1 Å². The topological polar surface area (TPSA) is 45.2 Å². The molecule has 0 radical (unpaired) electrons. The molecule has 2 heterocycles. The molecule has 1 aromatic heterocycles. The number of rotatable bonds is 5. The van der Waals surface area contributed by atoms with Gasteiger partial charge in [-0.2, -0.15) is 0 Å². The molecule has 0 unspecified atom stereocenters. The van der Waals surface area contributed by atoms with E-state index in [-0.39, 0.29) is 17.8 Å². The predicted octanol–water partition coefficient (Wildman–Crippen LogP) is 3.01. The first-order valence-corrected chi connectivity index (χ1v) is 8.55. The van der Waals surface area contributed by atoms with Crippen molar-refractivity contribution >= 4 is 12.0 Å². The summed E-state index contributed by atoms with van der Waals surface area (Å²) in [6.45, 7) is 2.73. The van der Waals surface area contributed by atoms with Gasteiger partial charge in [-0.25, -0.2) is 4.39 Å². The highest BCUT2D eigenvalue weighted by atomic mass is 19.1. The Morgan fingerprint density at radius 2 is 2.08 bits per heavy atom. The highest BCUT2D eigenvalue weighted by molar-refractivity contribution is 5.91. The summed E-state index contributed by atoms with van der Waals surface area (Å²) < 4.78 is 13.1. The van der Waals surface area contributed by atoms with Gasteiger partial charge in [-0.15, -0.1) is 0 Å². The summed E-state index contributed by atoms with van der Waals surface area (Å²) in [4.78, 5) is 18.7. The molecule has 2 aromatic rings. The van der Waals surface area contributed by atoms with Gasteiger partial charge in [0.15, 0.2) is 0 Å². The number of amides is 1. The van der Waals surface area contributed by atoms with Crippen molar-refractivity contribution < 1.29 is 9.18 Å². The van der Waals surface area contributed by atoms with Crippen LogP contribution >= 0.6 is 0 Å². The number of benzene rings is 1. The third-order valence-electron chi connectivity index (χ3n) is 4.32. The first kappa shape index (κ1) is 17.3. The average molecular weight is 339 g/mol. The Morgan fingerprint density at radius 1 is 1.24 bits per heavy atom. The molecule has 1 aliphatic rings. The molecule has 130 valence electrons. The third-order valence-corrected chi connectivity index (χ3v) is 4.32. The molecule has 0 aliphatic carbocycles. The molecular formula is C20H22FN3O. The summed E-state index contributed by atoms with van der Waals surface area (Å²) in [6.07, 6.45) is 6.76. The Morgan fingerprint density at radius 3 is 2.80 bits per heavy atom. The summed E-state index contributed by atoms with van der Waals surface area (Å²) in [7, 11) is 0. The van der Waals surface area contributed by atoms with E-state index in [1.54, 1.807) is 18.2 Å². The van der Waals surface area contributed by atoms with E-state index in [1.165, 1.54) is 18.2 Å². The summed E-state index contributed by atoms with van der Waals surface area (Å²) >= 11 is 0. The Kier molecular flexibility index (Phi) is 5.90. The molecule has 1 fully saturated rings. The molecule has 25 heavy (non-hydrogen) atoms. The summed E-state index contributed by atoms with van der Waals surface area (Å²) in [5, 5.41) is 3.03. The van der Waals surface area contributed by atoms with E-state index in [0.29, 0.717) is 5.56 Å². The fraction of sp³-hybridized carbons (Fsp3) is 0.300. The lowest BCUT2D eigenvalue weighted by molar-refractivity contribution is -0.117. The largest absolute Gasteiger partial charge is 0.350 e. The van der Waals surface area contributed by atoms with E-state index in [4.69, 9.17) is 0 Å². The van der Waals surface area contributed by atoms with Crippen molar-refractivity contribution in [2.24, 2.45) is 0 Å². The van der Waals surface area contributed by atoms with Crippen LogP contribution in [0.2, 0.25) is 0 Å². The van der Waals surface area contributed by atoms with E-state index in [2.05, 4.69) is 15.2 Å². The predicted molar refractivity (Wildman–Crippen MR) is 96.1 cm³/mol. The number of hydrogen-bond acceptors (Lipinski definition) is 3. The van der Waals surface area contributed by atoms with Gasteiger partial charge in [0.25, 0.3) is 0 Å². The maximum absolute atomic E-state index is 13.1. The fourth-order valence-corrected chi connectivity index (χ4v) is 2.99. The number of hydrogen-bond donors (Lipinski definition) is 1. The van der Waals surface area contributed by atoms with Gasteiger partial charge in [-0.05, 0) is 48.7 Å². The summed E-state index contributed by atoms with van der Waals surface area (Å²) in [6, 6.07) is 12.3. The minimum Gasteiger partial charge on any atom is -0.350 e. The lowest BCUT2D eigenvalue weighted by Crippen LogP contribution is -2.43. The fourth-order valence-electron chi connectivity index (χ4n) is 2.99. The van der Waals surface area contributed by atoms with Gasteiger partial charge in [-0.3, -0.25) is 14.7 Å². The minimum absolute atomic E-state index is 0.132. The quantitative estimate of drug-likeness (QED) is 0.852. The molecule has 1 N–H and O–H groups in total. The lowest BCUT2D eigenvalue weighted by atomic mass is 10.0. The van der Waals surface area contributed by atoms with E-state index in [9.17, 15) is 9.18 Å². The number of likely N-dealkylation sites (tertiary alicyclic amines) is 1. The Labute approximate surface area is 147 Å². The van der Waals surface area contributed by atoms with Crippen molar-refractivity contribution in [2.75, 3.05) is 13.1 Å². The first-order valence-electron chi connectivity index (χ1n) is 8.55. The van der Waals surface area contributed by atoms with Crippen LogP contribution in [-0.2, 0) is 11.3 Å². The van der Waals surface area contributed by atoms with Crippen molar-refractivity contribution in [3.63, 3.8) is 0 Å². The van der Waals surface area contributed by atoms with Crippen LogP contribution in [0.15, 0.2) is 54.7 Å². The molecule has 1 saturated heterocycles. The van der Waals surface area contributed by atoms with E-state index in [1.807, 2.05) is 24.4 Å². The van der Waals surface area contributed by atoms with Crippen LogP contribution in [0.5, 0.6) is 0 Å². The molecule has 0 atom stereocenters. The standard InChI is InChI=1S/C20H22FN3O/c21-17-5-3-4-16(14-17)7-8-20(25)23-18-9-12-24(13-10-18)15-19-6-1-2-11-22-19/h1-8,11,14,18H,9-10,12-13,15H2,(H,23,25)/b8-7-. The highest BCUT2D eigenvalue weighted by Gasteiger charge is 2.20. The van der Waals surface area contributed by atoms with Crippen molar-refractivity contribution in [3.05, 3.63) is 71.8 Å². The highest BCUT2D eigenvalue weighted by Crippen LogP contribution is 2.13. The van der Waals surface area contributed by atoms with Crippen LogP contribution in [0, 0.1) is 5.82 Å². The monoisotopic (exact) mass is 339 g/mol. The van der Waals surface area contributed by atoms with E-state index in [0.717, 1.165) is 38.2 Å². The zero-order chi connectivity index (χ0) is 17.5. The number of aromatic nitrogens is 1. The number of halogens is 1. The number of nitrogens with one attached hydrogen (secondary N) is 1. The molecule has 1 aromatic carbocycles. The number of pyridine rings is 1. The van der Waals surface area contributed by atoms with Crippen LogP contribution in [0.4, 0.5) is 4.39 Å². The molecule has 1 aliphatic heterocycles. The zero-order valence-electron chi connectivity index (χ0n) is 14.1. The third kappa shape index (κ3) is 5.50.